The fourth-order valence-electron chi connectivity index (χ4n) is 2.73. The van der Waals surface area contributed by atoms with Crippen LogP contribution in [-0.4, -0.2) is 62.1 Å². The number of amides is 2. The normalized spacial score (nSPS) is 23.3. The van der Waals surface area contributed by atoms with Crippen LogP contribution >= 0.6 is 12.4 Å². The first kappa shape index (κ1) is 18.2. The van der Waals surface area contributed by atoms with Crippen molar-refractivity contribution in [3.8, 4) is 0 Å². The SMILES string of the molecule is CC(NC(=O)CCC1CCNC1)C(=O)N1CCOCC1.Cl. The zero-order chi connectivity index (χ0) is 14.4. The molecule has 2 unspecified atom stereocenters. The third-order valence-corrected chi connectivity index (χ3v) is 4.01. The monoisotopic (exact) mass is 319 g/mol. The van der Waals surface area contributed by atoms with E-state index in [1.807, 2.05) is 0 Å². The van der Waals surface area contributed by atoms with Crippen LogP contribution in [0, 0.1) is 5.92 Å². The van der Waals surface area contributed by atoms with Crippen molar-refractivity contribution >= 4 is 24.2 Å². The van der Waals surface area contributed by atoms with E-state index in [0.29, 0.717) is 38.6 Å². The highest BCUT2D eigenvalue weighted by molar-refractivity contribution is 5.87. The second-order valence-corrected chi connectivity index (χ2v) is 5.62. The van der Waals surface area contributed by atoms with Crippen molar-refractivity contribution in [1.82, 2.24) is 15.5 Å². The first-order valence-corrected chi connectivity index (χ1v) is 7.53. The first-order chi connectivity index (χ1) is 9.66. The van der Waals surface area contributed by atoms with Crippen LogP contribution in [0.1, 0.15) is 26.2 Å². The Kier molecular flexibility index (Phi) is 8.00. The summed E-state index contributed by atoms with van der Waals surface area (Å²) in [7, 11) is 0. The van der Waals surface area contributed by atoms with Gasteiger partial charge in [0, 0.05) is 19.5 Å². The quantitative estimate of drug-likeness (QED) is 0.757. The van der Waals surface area contributed by atoms with Crippen molar-refractivity contribution in [3.63, 3.8) is 0 Å². The number of hydrogen-bond donors (Lipinski definition) is 2. The Balaban J connectivity index is 0.00000220. The molecule has 2 rings (SSSR count). The molecule has 0 aliphatic carbocycles. The molecule has 21 heavy (non-hydrogen) atoms. The predicted molar refractivity (Wildman–Crippen MR) is 82.5 cm³/mol. The molecule has 7 heteroatoms. The number of morpholine rings is 1. The van der Waals surface area contributed by atoms with E-state index in [-0.39, 0.29) is 24.2 Å². The highest BCUT2D eigenvalue weighted by atomic mass is 35.5. The lowest BCUT2D eigenvalue weighted by atomic mass is 10.0. The van der Waals surface area contributed by atoms with Gasteiger partial charge in [-0.1, -0.05) is 0 Å². The number of carbonyl (C=O) groups is 2. The Hall–Kier alpha value is -0.850. The molecule has 0 aromatic heterocycles. The number of nitrogens with one attached hydrogen (secondary N) is 2. The van der Waals surface area contributed by atoms with E-state index in [1.165, 1.54) is 0 Å². The molecule has 2 aliphatic heterocycles. The van der Waals surface area contributed by atoms with Gasteiger partial charge in [0.2, 0.25) is 11.8 Å². The van der Waals surface area contributed by atoms with E-state index in [9.17, 15) is 9.59 Å². The number of halogens is 1. The summed E-state index contributed by atoms with van der Waals surface area (Å²) in [6.07, 6.45) is 2.56. The van der Waals surface area contributed by atoms with Gasteiger partial charge < -0.3 is 20.3 Å². The minimum atomic E-state index is -0.442. The van der Waals surface area contributed by atoms with Crippen molar-refractivity contribution in [1.29, 1.82) is 0 Å². The van der Waals surface area contributed by atoms with Crippen molar-refractivity contribution in [2.24, 2.45) is 5.92 Å². The summed E-state index contributed by atoms with van der Waals surface area (Å²) in [5, 5.41) is 6.10. The molecule has 2 aliphatic rings. The molecule has 0 spiro atoms. The van der Waals surface area contributed by atoms with Crippen molar-refractivity contribution < 1.29 is 14.3 Å². The minimum absolute atomic E-state index is 0. The fourth-order valence-corrected chi connectivity index (χ4v) is 2.73. The molecule has 2 saturated heterocycles. The third-order valence-electron chi connectivity index (χ3n) is 4.01. The third kappa shape index (κ3) is 5.80. The van der Waals surface area contributed by atoms with Crippen molar-refractivity contribution in [3.05, 3.63) is 0 Å². The van der Waals surface area contributed by atoms with Gasteiger partial charge in [-0.25, -0.2) is 0 Å². The summed E-state index contributed by atoms with van der Waals surface area (Å²) in [6, 6.07) is -0.442. The highest BCUT2D eigenvalue weighted by Crippen LogP contribution is 2.14. The minimum Gasteiger partial charge on any atom is -0.378 e. The van der Waals surface area contributed by atoms with Crippen LogP contribution in [0.2, 0.25) is 0 Å². The second-order valence-electron chi connectivity index (χ2n) is 5.62. The van der Waals surface area contributed by atoms with E-state index >= 15 is 0 Å². The van der Waals surface area contributed by atoms with Gasteiger partial charge in [-0.05, 0) is 38.8 Å². The highest BCUT2D eigenvalue weighted by Gasteiger charge is 2.24. The summed E-state index contributed by atoms with van der Waals surface area (Å²) in [4.78, 5) is 25.8. The summed E-state index contributed by atoms with van der Waals surface area (Å²) in [5.74, 6) is 0.571. The molecule has 2 heterocycles. The van der Waals surface area contributed by atoms with Gasteiger partial charge in [-0.3, -0.25) is 9.59 Å². The smallest absolute Gasteiger partial charge is 0.245 e. The Labute approximate surface area is 132 Å². The number of ether oxygens (including phenoxy) is 1. The summed E-state index contributed by atoms with van der Waals surface area (Å²) in [5.41, 5.74) is 0. The standard InChI is InChI=1S/C14H25N3O3.ClH/c1-11(14(19)17-6-8-20-9-7-17)16-13(18)3-2-12-4-5-15-10-12;/h11-12,15H,2-10H2,1H3,(H,16,18);1H. The van der Waals surface area contributed by atoms with Gasteiger partial charge in [0.1, 0.15) is 6.04 Å². The molecular weight excluding hydrogens is 294 g/mol. The molecule has 0 radical (unpaired) electrons. The van der Waals surface area contributed by atoms with E-state index in [1.54, 1.807) is 11.8 Å². The van der Waals surface area contributed by atoms with Crippen LogP contribution in [0.25, 0.3) is 0 Å². The summed E-state index contributed by atoms with van der Waals surface area (Å²) in [6.45, 7) is 6.22. The lowest BCUT2D eigenvalue weighted by molar-refractivity contribution is -0.139. The van der Waals surface area contributed by atoms with E-state index in [2.05, 4.69) is 10.6 Å². The van der Waals surface area contributed by atoms with Crippen molar-refractivity contribution in [2.75, 3.05) is 39.4 Å². The molecule has 2 fully saturated rings. The zero-order valence-corrected chi connectivity index (χ0v) is 13.4. The first-order valence-electron chi connectivity index (χ1n) is 7.53. The van der Waals surface area contributed by atoms with Gasteiger partial charge in [-0.2, -0.15) is 0 Å². The van der Waals surface area contributed by atoms with Crippen LogP contribution in [0.4, 0.5) is 0 Å². The van der Waals surface area contributed by atoms with Gasteiger partial charge in [0.25, 0.3) is 0 Å². The summed E-state index contributed by atoms with van der Waals surface area (Å²) >= 11 is 0. The van der Waals surface area contributed by atoms with Crippen LogP contribution in [0.15, 0.2) is 0 Å². The van der Waals surface area contributed by atoms with Gasteiger partial charge >= 0.3 is 0 Å². The maximum atomic E-state index is 12.1. The zero-order valence-electron chi connectivity index (χ0n) is 12.6. The average Bonchev–Trinajstić information content (AvgIpc) is 2.98. The maximum Gasteiger partial charge on any atom is 0.245 e. The molecule has 0 bridgehead atoms. The van der Waals surface area contributed by atoms with E-state index in [0.717, 1.165) is 25.9 Å². The topological polar surface area (TPSA) is 70.7 Å². The number of hydrogen-bond acceptors (Lipinski definition) is 4. The Morgan fingerprint density at radius 2 is 2.10 bits per heavy atom. The number of carbonyl (C=O) groups excluding carboxylic acids is 2. The van der Waals surface area contributed by atoms with Gasteiger partial charge in [0.15, 0.2) is 0 Å². The molecule has 0 aromatic rings. The lowest BCUT2D eigenvalue weighted by Crippen LogP contribution is -2.50. The Morgan fingerprint density at radius 1 is 1.38 bits per heavy atom. The van der Waals surface area contributed by atoms with Crippen LogP contribution in [0.5, 0.6) is 0 Å². The second kappa shape index (κ2) is 9.23. The fraction of sp³-hybridized carbons (Fsp3) is 0.857. The van der Waals surface area contributed by atoms with Gasteiger partial charge in [0.05, 0.1) is 13.2 Å². The van der Waals surface area contributed by atoms with Gasteiger partial charge in [-0.15, -0.1) is 12.4 Å². The Morgan fingerprint density at radius 3 is 2.71 bits per heavy atom. The predicted octanol–water partition coefficient (Wildman–Crippen LogP) is 0.161. The van der Waals surface area contributed by atoms with E-state index < -0.39 is 6.04 Å². The molecular formula is C14H26ClN3O3. The number of nitrogens with zero attached hydrogens (tertiary/aromatic N) is 1. The molecule has 2 amide bonds. The van der Waals surface area contributed by atoms with E-state index in [4.69, 9.17) is 4.74 Å². The van der Waals surface area contributed by atoms with Crippen LogP contribution < -0.4 is 10.6 Å². The molecule has 6 nitrogen and oxygen atoms in total. The van der Waals surface area contributed by atoms with Crippen molar-refractivity contribution in [2.45, 2.75) is 32.2 Å². The summed E-state index contributed by atoms with van der Waals surface area (Å²) < 4.78 is 5.22. The molecule has 0 saturated carbocycles. The average molecular weight is 320 g/mol. The molecule has 2 N–H and O–H groups in total. The molecule has 122 valence electrons. The molecule has 0 aromatic carbocycles. The maximum absolute atomic E-state index is 12.1. The Bertz CT molecular complexity index is 342. The largest absolute Gasteiger partial charge is 0.378 e. The van der Waals surface area contributed by atoms with Crippen LogP contribution in [0.3, 0.4) is 0 Å². The number of rotatable bonds is 5. The van der Waals surface area contributed by atoms with Crippen LogP contribution in [-0.2, 0) is 14.3 Å². The molecule has 2 atom stereocenters. The lowest BCUT2D eigenvalue weighted by Gasteiger charge is -2.29.